The zero-order valence-electron chi connectivity index (χ0n) is 20.1. The number of sulfonamides is 1. The Morgan fingerprint density at radius 2 is 1.69 bits per heavy atom. The van der Waals surface area contributed by atoms with Crippen LogP contribution >= 0.6 is 11.6 Å². The second-order valence-electron chi connectivity index (χ2n) is 8.12. The Labute approximate surface area is 211 Å². The van der Waals surface area contributed by atoms with Crippen molar-refractivity contribution in [1.29, 1.82) is 0 Å². The average molecular weight is 517 g/mol. The number of carbonyl (C=O) groups is 1. The van der Waals surface area contributed by atoms with Gasteiger partial charge in [0, 0.05) is 11.6 Å². The van der Waals surface area contributed by atoms with Crippen LogP contribution in [0.2, 0.25) is 5.02 Å². The van der Waals surface area contributed by atoms with Crippen molar-refractivity contribution in [2.75, 3.05) is 20.8 Å². The molecule has 3 aromatic carbocycles. The highest BCUT2D eigenvalue weighted by atomic mass is 35.5. The Morgan fingerprint density at radius 1 is 1.00 bits per heavy atom. The number of methoxy groups -OCH3 is 2. The minimum atomic E-state index is -3.95. The van der Waals surface area contributed by atoms with Gasteiger partial charge in [0.1, 0.15) is 0 Å². The summed E-state index contributed by atoms with van der Waals surface area (Å²) in [6, 6.07) is 18.4. The van der Waals surface area contributed by atoms with Crippen molar-refractivity contribution in [2.45, 2.75) is 31.3 Å². The Bertz CT molecular complexity index is 1280. The molecule has 1 N–H and O–H groups in total. The molecule has 0 unspecified atom stereocenters. The molecular weight excluding hydrogens is 488 g/mol. The minimum absolute atomic E-state index is 0.00503. The molecule has 0 aliphatic rings. The lowest BCUT2D eigenvalue weighted by molar-refractivity contribution is -0.122. The summed E-state index contributed by atoms with van der Waals surface area (Å²) in [4.78, 5) is 13.1. The third-order valence-corrected chi connectivity index (χ3v) is 7.55. The number of aryl methyl sites for hydroxylation is 1. The number of amides is 1. The number of carbonyl (C=O) groups excluding carboxylic acids is 1. The van der Waals surface area contributed by atoms with Gasteiger partial charge in [-0.3, -0.25) is 4.79 Å². The average Bonchev–Trinajstić information content (AvgIpc) is 2.83. The number of benzene rings is 3. The number of nitrogens with zero attached hydrogens (tertiary/aromatic N) is 1. The number of hydrogen-bond donors (Lipinski definition) is 1. The van der Waals surface area contributed by atoms with Gasteiger partial charge < -0.3 is 14.8 Å². The van der Waals surface area contributed by atoms with E-state index in [9.17, 15) is 13.2 Å². The number of rotatable bonds is 10. The third kappa shape index (κ3) is 6.75. The Morgan fingerprint density at radius 3 is 2.31 bits per heavy atom. The monoisotopic (exact) mass is 516 g/mol. The van der Waals surface area contributed by atoms with Crippen LogP contribution in [0.4, 0.5) is 0 Å². The van der Waals surface area contributed by atoms with Crippen LogP contribution in [0.15, 0.2) is 71.6 Å². The van der Waals surface area contributed by atoms with Crippen molar-refractivity contribution in [3.63, 3.8) is 0 Å². The predicted molar refractivity (Wildman–Crippen MR) is 136 cm³/mol. The number of nitrogens with one attached hydrogen (secondary N) is 1. The van der Waals surface area contributed by atoms with Crippen LogP contribution in [0.3, 0.4) is 0 Å². The zero-order valence-corrected chi connectivity index (χ0v) is 21.7. The molecule has 0 saturated heterocycles. The number of ether oxygens (including phenoxy) is 2. The normalized spacial score (nSPS) is 12.3. The molecule has 0 heterocycles. The van der Waals surface area contributed by atoms with E-state index >= 15 is 0 Å². The molecule has 0 spiro atoms. The van der Waals surface area contributed by atoms with E-state index in [0.717, 1.165) is 15.4 Å². The first-order valence-corrected chi connectivity index (χ1v) is 12.8. The molecule has 3 rings (SSSR count). The fourth-order valence-corrected chi connectivity index (χ4v) is 5.17. The Balaban J connectivity index is 1.83. The molecule has 0 aromatic heterocycles. The molecule has 1 atom stereocenters. The standard InChI is InChI=1S/C26H29ClN2O5S/c1-18-8-11-23(12-9-18)35(31,32)29(16-20-6-5-7-22(27)14-20)17-26(30)28-19(2)21-10-13-24(33-3)25(15-21)34-4/h5-15,19H,16-17H2,1-4H3,(H,28,30)/t19-/m0/s1. The second kappa shape index (κ2) is 11.6. The number of hydrogen-bond acceptors (Lipinski definition) is 5. The molecule has 3 aromatic rings. The first-order chi connectivity index (χ1) is 16.6. The molecule has 35 heavy (non-hydrogen) atoms. The Kier molecular flexibility index (Phi) is 8.77. The Hall–Kier alpha value is -3.07. The van der Waals surface area contributed by atoms with Crippen molar-refractivity contribution < 1.29 is 22.7 Å². The van der Waals surface area contributed by atoms with E-state index in [1.807, 2.05) is 19.9 Å². The van der Waals surface area contributed by atoms with Gasteiger partial charge in [0.2, 0.25) is 15.9 Å². The highest BCUT2D eigenvalue weighted by Gasteiger charge is 2.27. The van der Waals surface area contributed by atoms with Crippen LogP contribution in [0.1, 0.15) is 29.7 Å². The summed E-state index contributed by atoms with van der Waals surface area (Å²) in [6.07, 6.45) is 0. The molecule has 0 radical (unpaired) electrons. The first kappa shape index (κ1) is 26.5. The topological polar surface area (TPSA) is 84.9 Å². The summed E-state index contributed by atoms with van der Waals surface area (Å²) in [5, 5.41) is 3.37. The van der Waals surface area contributed by atoms with Gasteiger partial charge in [-0.2, -0.15) is 4.31 Å². The molecule has 0 saturated carbocycles. The summed E-state index contributed by atoms with van der Waals surface area (Å²) < 4.78 is 38.7. The van der Waals surface area contributed by atoms with Crippen molar-refractivity contribution in [2.24, 2.45) is 0 Å². The van der Waals surface area contributed by atoms with Crippen LogP contribution < -0.4 is 14.8 Å². The maximum atomic E-state index is 13.5. The van der Waals surface area contributed by atoms with Crippen molar-refractivity contribution in [3.05, 3.63) is 88.4 Å². The zero-order chi connectivity index (χ0) is 25.6. The number of halogens is 1. The van der Waals surface area contributed by atoms with Crippen LogP contribution in [0.25, 0.3) is 0 Å². The van der Waals surface area contributed by atoms with E-state index in [-0.39, 0.29) is 18.0 Å². The maximum absolute atomic E-state index is 13.5. The molecule has 0 aliphatic heterocycles. The van der Waals surface area contributed by atoms with Gasteiger partial charge in [-0.15, -0.1) is 0 Å². The SMILES string of the molecule is COc1ccc([C@H](C)NC(=O)CN(Cc2cccc(Cl)c2)S(=O)(=O)c2ccc(C)cc2)cc1OC. The predicted octanol–water partition coefficient (Wildman–Crippen LogP) is 4.73. The molecule has 186 valence electrons. The van der Waals surface area contributed by atoms with Gasteiger partial charge in [0.25, 0.3) is 0 Å². The van der Waals surface area contributed by atoms with Crippen LogP contribution in [0, 0.1) is 6.92 Å². The summed E-state index contributed by atoms with van der Waals surface area (Å²) in [6.45, 7) is 3.33. The van der Waals surface area contributed by atoms with Gasteiger partial charge in [0.05, 0.1) is 31.7 Å². The van der Waals surface area contributed by atoms with Crippen LogP contribution in [0.5, 0.6) is 11.5 Å². The quantitative estimate of drug-likeness (QED) is 0.421. The summed E-state index contributed by atoms with van der Waals surface area (Å²) in [5.74, 6) is 0.673. The summed E-state index contributed by atoms with van der Waals surface area (Å²) >= 11 is 6.10. The third-order valence-electron chi connectivity index (χ3n) is 5.51. The molecule has 7 nitrogen and oxygen atoms in total. The lowest BCUT2D eigenvalue weighted by Gasteiger charge is -2.23. The van der Waals surface area contributed by atoms with E-state index in [0.29, 0.717) is 22.1 Å². The lowest BCUT2D eigenvalue weighted by atomic mass is 10.1. The van der Waals surface area contributed by atoms with Crippen molar-refractivity contribution in [1.82, 2.24) is 9.62 Å². The second-order valence-corrected chi connectivity index (χ2v) is 10.5. The van der Waals surface area contributed by atoms with Crippen molar-refractivity contribution in [3.8, 4) is 11.5 Å². The lowest BCUT2D eigenvalue weighted by Crippen LogP contribution is -2.41. The van der Waals surface area contributed by atoms with Gasteiger partial charge in [-0.05, 0) is 61.4 Å². The van der Waals surface area contributed by atoms with Crippen LogP contribution in [-0.2, 0) is 21.4 Å². The highest BCUT2D eigenvalue weighted by Crippen LogP contribution is 2.30. The molecule has 0 fully saturated rings. The van der Waals surface area contributed by atoms with Gasteiger partial charge in [0.15, 0.2) is 11.5 Å². The van der Waals surface area contributed by atoms with Crippen LogP contribution in [-0.4, -0.2) is 39.4 Å². The van der Waals surface area contributed by atoms with E-state index < -0.39 is 22.0 Å². The molecule has 0 bridgehead atoms. The minimum Gasteiger partial charge on any atom is -0.493 e. The fraction of sp³-hybridized carbons (Fsp3) is 0.269. The van der Waals surface area contributed by atoms with Crippen molar-refractivity contribution >= 4 is 27.5 Å². The highest BCUT2D eigenvalue weighted by molar-refractivity contribution is 7.89. The van der Waals surface area contributed by atoms with Gasteiger partial charge >= 0.3 is 0 Å². The fourth-order valence-electron chi connectivity index (χ4n) is 3.58. The smallest absolute Gasteiger partial charge is 0.243 e. The molecule has 1 amide bonds. The first-order valence-electron chi connectivity index (χ1n) is 11.0. The molecule has 9 heteroatoms. The van der Waals surface area contributed by atoms with E-state index in [2.05, 4.69) is 5.32 Å². The van der Waals surface area contributed by atoms with E-state index in [1.165, 1.54) is 7.11 Å². The summed E-state index contributed by atoms with van der Waals surface area (Å²) in [5.41, 5.74) is 2.40. The largest absolute Gasteiger partial charge is 0.493 e. The maximum Gasteiger partial charge on any atom is 0.243 e. The van der Waals surface area contributed by atoms with Gasteiger partial charge in [-0.25, -0.2) is 8.42 Å². The molecular formula is C26H29ClN2O5S. The van der Waals surface area contributed by atoms with E-state index in [4.69, 9.17) is 21.1 Å². The molecule has 0 aliphatic carbocycles. The van der Waals surface area contributed by atoms with Gasteiger partial charge in [-0.1, -0.05) is 47.5 Å². The summed E-state index contributed by atoms with van der Waals surface area (Å²) in [7, 11) is -0.868. The van der Waals surface area contributed by atoms with E-state index in [1.54, 1.807) is 67.8 Å².